The van der Waals surface area contributed by atoms with Crippen molar-refractivity contribution in [1.82, 2.24) is 0 Å². The van der Waals surface area contributed by atoms with Gasteiger partial charge in [-0.2, -0.15) is 0 Å². The van der Waals surface area contributed by atoms with Gasteiger partial charge in [0.05, 0.1) is 20.7 Å². The Kier molecular flexibility index (Phi) is 4.57. The number of halogens is 2. The molecule has 126 valence electrons. The van der Waals surface area contributed by atoms with Gasteiger partial charge in [0, 0.05) is 17.7 Å². The Bertz CT molecular complexity index is 933. The Morgan fingerprint density at radius 3 is 2.44 bits per heavy atom. The summed E-state index contributed by atoms with van der Waals surface area (Å²) in [6.07, 6.45) is 2.00. The maximum atomic E-state index is 12.5. The van der Waals surface area contributed by atoms with Gasteiger partial charge in [0.2, 0.25) is 0 Å². The van der Waals surface area contributed by atoms with E-state index in [0.29, 0.717) is 12.0 Å². The molecule has 0 unspecified atom stereocenters. The lowest BCUT2D eigenvalue weighted by Crippen LogP contribution is -2.23. The number of allylic oxidation sites excluding steroid dienone is 1. The molecule has 0 radical (unpaired) electrons. The smallest absolute Gasteiger partial charge is 0.296 e. The van der Waals surface area contributed by atoms with E-state index in [1.54, 1.807) is 18.2 Å². The average Bonchev–Trinajstić information content (AvgIpc) is 3.00. The van der Waals surface area contributed by atoms with Crippen LogP contribution in [0, 0.1) is 10.1 Å². The van der Waals surface area contributed by atoms with Crippen molar-refractivity contribution in [2.24, 2.45) is 0 Å². The van der Waals surface area contributed by atoms with Crippen LogP contribution in [-0.2, 0) is 16.0 Å². The van der Waals surface area contributed by atoms with E-state index in [1.165, 1.54) is 24.3 Å². The molecule has 0 saturated heterocycles. The van der Waals surface area contributed by atoms with E-state index in [-0.39, 0.29) is 27.0 Å². The molecule has 1 aliphatic carbocycles. The largest absolute Gasteiger partial charge is 0.317 e. The summed E-state index contributed by atoms with van der Waals surface area (Å²) in [4.78, 5) is 35.1. The summed E-state index contributed by atoms with van der Waals surface area (Å²) in [5.74, 6) is -1.73. The highest BCUT2D eigenvalue weighted by atomic mass is 35.5. The van der Waals surface area contributed by atoms with E-state index in [1.807, 2.05) is 0 Å². The Morgan fingerprint density at radius 2 is 1.80 bits per heavy atom. The number of nitrogens with zero attached hydrogens (tertiary/aromatic N) is 1. The van der Waals surface area contributed by atoms with Crippen LogP contribution in [0.3, 0.4) is 0 Å². The Hall–Kier alpha value is -2.70. The standard InChI is InChI=1S/C17H10Cl2N2O4/c18-13-2-1-3-14(19)15(13)20-17(23)16(22)11-7-5-9-4-6-10(21(24)25)8-12(9)11/h1-4,6-8H,5H2,(H,20,23). The number of nitro groups is 1. The number of hydrogen-bond acceptors (Lipinski definition) is 4. The number of rotatable bonds is 4. The second-order valence-electron chi connectivity index (χ2n) is 5.30. The van der Waals surface area contributed by atoms with Crippen molar-refractivity contribution in [1.29, 1.82) is 0 Å². The van der Waals surface area contributed by atoms with Gasteiger partial charge in [-0.1, -0.05) is 41.4 Å². The third-order valence-corrected chi connectivity index (χ3v) is 4.40. The molecule has 0 bridgehead atoms. The minimum atomic E-state index is -0.916. The second kappa shape index (κ2) is 6.66. The first-order valence-electron chi connectivity index (χ1n) is 7.16. The molecular weight excluding hydrogens is 367 g/mol. The van der Waals surface area contributed by atoms with Crippen LogP contribution in [-0.4, -0.2) is 16.6 Å². The third-order valence-electron chi connectivity index (χ3n) is 3.77. The number of nitro benzene ring substituents is 1. The van der Waals surface area contributed by atoms with Crippen molar-refractivity contribution in [3.63, 3.8) is 0 Å². The number of ketones is 1. The maximum Gasteiger partial charge on any atom is 0.296 e. The Balaban J connectivity index is 1.87. The van der Waals surface area contributed by atoms with Crippen LogP contribution in [0.25, 0.3) is 5.57 Å². The van der Waals surface area contributed by atoms with E-state index in [9.17, 15) is 19.7 Å². The van der Waals surface area contributed by atoms with Gasteiger partial charge in [-0.3, -0.25) is 19.7 Å². The number of anilines is 1. The second-order valence-corrected chi connectivity index (χ2v) is 6.11. The summed E-state index contributed by atoms with van der Waals surface area (Å²) in [5, 5.41) is 13.7. The number of benzene rings is 2. The van der Waals surface area contributed by atoms with Crippen LogP contribution in [0.5, 0.6) is 0 Å². The lowest BCUT2D eigenvalue weighted by Gasteiger charge is -2.09. The summed E-state index contributed by atoms with van der Waals surface area (Å²) in [7, 11) is 0. The first kappa shape index (κ1) is 17.1. The normalized spacial score (nSPS) is 12.3. The van der Waals surface area contributed by atoms with Gasteiger partial charge in [0.15, 0.2) is 0 Å². The fraction of sp³-hybridized carbons (Fsp3) is 0.0588. The van der Waals surface area contributed by atoms with Gasteiger partial charge in [-0.15, -0.1) is 0 Å². The molecule has 6 nitrogen and oxygen atoms in total. The van der Waals surface area contributed by atoms with Crippen molar-refractivity contribution in [3.05, 3.63) is 73.8 Å². The highest BCUT2D eigenvalue weighted by molar-refractivity contribution is 6.57. The molecule has 25 heavy (non-hydrogen) atoms. The van der Waals surface area contributed by atoms with E-state index in [0.717, 1.165) is 5.56 Å². The number of carbonyl (C=O) groups is 2. The SMILES string of the molecule is O=C(Nc1c(Cl)cccc1Cl)C(=O)C1=CCc2ccc([N+](=O)[O-])cc21. The van der Waals surface area contributed by atoms with Crippen molar-refractivity contribution < 1.29 is 14.5 Å². The number of amides is 1. The molecule has 0 aromatic heterocycles. The number of Topliss-reactive ketones (excluding diaryl/α,β-unsaturated/α-hetero) is 1. The molecule has 8 heteroatoms. The van der Waals surface area contributed by atoms with Crippen LogP contribution in [0.2, 0.25) is 10.0 Å². The van der Waals surface area contributed by atoms with E-state index >= 15 is 0 Å². The third kappa shape index (κ3) is 3.26. The van der Waals surface area contributed by atoms with Crippen LogP contribution >= 0.6 is 23.2 Å². The minimum Gasteiger partial charge on any atom is -0.317 e. The molecule has 2 aromatic carbocycles. The fourth-order valence-corrected chi connectivity index (χ4v) is 3.05. The zero-order chi connectivity index (χ0) is 18.1. The first-order valence-corrected chi connectivity index (χ1v) is 7.91. The quantitative estimate of drug-likeness (QED) is 0.495. The van der Waals surface area contributed by atoms with E-state index < -0.39 is 16.6 Å². The van der Waals surface area contributed by atoms with Crippen molar-refractivity contribution in [2.45, 2.75) is 6.42 Å². The summed E-state index contributed by atoms with van der Waals surface area (Å²) in [6, 6.07) is 8.90. The molecule has 0 fully saturated rings. The first-order chi connectivity index (χ1) is 11.9. The van der Waals surface area contributed by atoms with E-state index in [4.69, 9.17) is 23.2 Å². The van der Waals surface area contributed by atoms with Gasteiger partial charge in [0.1, 0.15) is 0 Å². The number of para-hydroxylation sites is 1. The lowest BCUT2D eigenvalue weighted by atomic mass is 10.0. The number of carbonyl (C=O) groups excluding carboxylic acids is 2. The zero-order valence-corrected chi connectivity index (χ0v) is 14.1. The minimum absolute atomic E-state index is 0.124. The van der Waals surface area contributed by atoms with Crippen LogP contribution in [0.1, 0.15) is 11.1 Å². The topological polar surface area (TPSA) is 89.3 Å². The number of non-ortho nitro benzene ring substituents is 1. The monoisotopic (exact) mass is 376 g/mol. The maximum absolute atomic E-state index is 12.5. The number of nitrogens with one attached hydrogen (secondary N) is 1. The van der Waals surface area contributed by atoms with Crippen LogP contribution in [0.15, 0.2) is 42.5 Å². The molecular formula is C17H10Cl2N2O4. The van der Waals surface area contributed by atoms with Crippen molar-refractivity contribution in [2.75, 3.05) is 5.32 Å². The molecule has 1 aliphatic rings. The van der Waals surface area contributed by atoms with Gasteiger partial charge in [0.25, 0.3) is 17.4 Å². The predicted molar refractivity (Wildman–Crippen MR) is 94.9 cm³/mol. The molecule has 1 N–H and O–H groups in total. The molecule has 0 saturated carbocycles. The molecule has 0 aliphatic heterocycles. The van der Waals surface area contributed by atoms with Gasteiger partial charge >= 0.3 is 0 Å². The van der Waals surface area contributed by atoms with E-state index in [2.05, 4.69) is 5.32 Å². The van der Waals surface area contributed by atoms with Crippen LogP contribution < -0.4 is 5.32 Å². The molecule has 1 amide bonds. The molecule has 0 atom stereocenters. The average molecular weight is 377 g/mol. The van der Waals surface area contributed by atoms with Gasteiger partial charge in [-0.25, -0.2) is 0 Å². The molecule has 3 rings (SSSR count). The highest BCUT2D eigenvalue weighted by Crippen LogP contribution is 2.33. The van der Waals surface area contributed by atoms with Gasteiger partial charge < -0.3 is 5.32 Å². The number of fused-ring (bicyclic) bond motifs is 1. The van der Waals surface area contributed by atoms with Gasteiger partial charge in [-0.05, 0) is 29.7 Å². The van der Waals surface area contributed by atoms with Crippen molar-refractivity contribution >= 4 is 51.8 Å². The summed E-state index contributed by atoms with van der Waals surface area (Å²) in [6.45, 7) is 0. The van der Waals surface area contributed by atoms with Crippen molar-refractivity contribution in [3.8, 4) is 0 Å². The lowest BCUT2D eigenvalue weighted by molar-refractivity contribution is -0.384. The Morgan fingerprint density at radius 1 is 1.12 bits per heavy atom. The number of hydrogen-bond donors (Lipinski definition) is 1. The molecule has 0 heterocycles. The Labute approximate surface area is 152 Å². The summed E-state index contributed by atoms with van der Waals surface area (Å²) < 4.78 is 0. The van der Waals surface area contributed by atoms with Crippen LogP contribution in [0.4, 0.5) is 11.4 Å². The summed E-state index contributed by atoms with van der Waals surface area (Å²) in [5.41, 5.74) is 1.26. The summed E-state index contributed by atoms with van der Waals surface area (Å²) >= 11 is 11.9. The zero-order valence-electron chi connectivity index (χ0n) is 12.6. The fourth-order valence-electron chi connectivity index (χ4n) is 2.55. The molecule has 2 aromatic rings. The molecule has 0 spiro atoms. The predicted octanol–water partition coefficient (Wildman–Crippen LogP) is 4.05. The highest BCUT2D eigenvalue weighted by Gasteiger charge is 2.27.